The van der Waals surface area contributed by atoms with Gasteiger partial charge >= 0.3 is 5.76 Å². The van der Waals surface area contributed by atoms with Gasteiger partial charge in [0.15, 0.2) is 0 Å². The summed E-state index contributed by atoms with van der Waals surface area (Å²) in [6, 6.07) is 15.2. The van der Waals surface area contributed by atoms with Gasteiger partial charge in [0.2, 0.25) is 5.89 Å². The third-order valence-corrected chi connectivity index (χ3v) is 3.54. The maximum absolute atomic E-state index is 13.5. The van der Waals surface area contributed by atoms with Crippen LogP contribution in [0.2, 0.25) is 0 Å². The SMILES string of the molecule is O=c1oc(-c2ccccc2)nn1C[C@@H](O)COCc1ccccc1F. The van der Waals surface area contributed by atoms with E-state index in [0.29, 0.717) is 11.1 Å². The highest BCUT2D eigenvalue weighted by molar-refractivity contribution is 5.51. The molecule has 1 aromatic heterocycles. The van der Waals surface area contributed by atoms with E-state index < -0.39 is 11.9 Å². The van der Waals surface area contributed by atoms with Crippen molar-refractivity contribution >= 4 is 0 Å². The van der Waals surface area contributed by atoms with Crippen LogP contribution in [0.15, 0.2) is 63.8 Å². The van der Waals surface area contributed by atoms with Crippen molar-refractivity contribution in [1.29, 1.82) is 0 Å². The van der Waals surface area contributed by atoms with Crippen molar-refractivity contribution in [2.75, 3.05) is 6.61 Å². The third kappa shape index (κ3) is 4.40. The zero-order chi connectivity index (χ0) is 17.6. The van der Waals surface area contributed by atoms with Crippen molar-refractivity contribution in [3.63, 3.8) is 0 Å². The van der Waals surface area contributed by atoms with Gasteiger partial charge in [0.25, 0.3) is 0 Å². The van der Waals surface area contributed by atoms with Crippen LogP contribution in [0.25, 0.3) is 11.5 Å². The number of hydrogen-bond donors (Lipinski definition) is 1. The minimum atomic E-state index is -0.974. The van der Waals surface area contributed by atoms with E-state index in [1.165, 1.54) is 6.07 Å². The summed E-state index contributed by atoms with van der Waals surface area (Å²) in [7, 11) is 0. The number of aliphatic hydroxyl groups is 1. The zero-order valence-corrected chi connectivity index (χ0v) is 13.3. The summed E-state index contributed by atoms with van der Waals surface area (Å²) in [6.45, 7) is -0.104. The van der Waals surface area contributed by atoms with E-state index in [-0.39, 0.29) is 31.5 Å². The highest BCUT2D eigenvalue weighted by atomic mass is 19.1. The Kier molecular flexibility index (Phi) is 5.37. The number of benzene rings is 2. The van der Waals surface area contributed by atoms with Crippen molar-refractivity contribution in [1.82, 2.24) is 9.78 Å². The largest absolute Gasteiger partial charge is 0.437 e. The molecule has 0 radical (unpaired) electrons. The molecular weight excluding hydrogens is 327 g/mol. The van der Waals surface area contributed by atoms with Gasteiger partial charge in [-0.1, -0.05) is 36.4 Å². The van der Waals surface area contributed by atoms with Crippen LogP contribution in [0, 0.1) is 5.82 Å². The van der Waals surface area contributed by atoms with E-state index >= 15 is 0 Å². The van der Waals surface area contributed by atoms with Gasteiger partial charge in [-0.2, -0.15) is 4.68 Å². The first-order valence-corrected chi connectivity index (χ1v) is 7.76. The standard InChI is InChI=1S/C18H17FN2O4/c19-16-9-5-4-8-14(16)11-24-12-15(22)10-21-18(23)25-17(20-21)13-6-2-1-3-7-13/h1-9,15,22H,10-12H2/t15-/m1/s1. The van der Waals surface area contributed by atoms with E-state index in [4.69, 9.17) is 9.15 Å². The van der Waals surface area contributed by atoms with Gasteiger partial charge in [-0.25, -0.2) is 9.18 Å². The molecule has 1 atom stereocenters. The molecule has 1 heterocycles. The fourth-order valence-corrected chi connectivity index (χ4v) is 2.29. The molecule has 0 saturated carbocycles. The molecule has 0 spiro atoms. The van der Waals surface area contributed by atoms with E-state index in [9.17, 15) is 14.3 Å². The van der Waals surface area contributed by atoms with Crippen LogP contribution in [0.3, 0.4) is 0 Å². The lowest BCUT2D eigenvalue weighted by Gasteiger charge is -2.10. The molecule has 7 heteroatoms. The number of nitrogens with zero attached hydrogens (tertiary/aromatic N) is 2. The predicted octanol–water partition coefficient (Wildman–Crippen LogP) is 2.22. The van der Waals surface area contributed by atoms with E-state index in [2.05, 4.69) is 5.10 Å². The summed E-state index contributed by atoms with van der Waals surface area (Å²) in [4.78, 5) is 11.8. The van der Waals surface area contributed by atoms with E-state index in [1.54, 1.807) is 42.5 Å². The molecular formula is C18H17FN2O4. The van der Waals surface area contributed by atoms with Gasteiger partial charge < -0.3 is 14.3 Å². The van der Waals surface area contributed by atoms with Crippen LogP contribution in [-0.4, -0.2) is 27.6 Å². The number of hydrogen-bond acceptors (Lipinski definition) is 5. The Labute approximate surface area is 143 Å². The maximum atomic E-state index is 13.5. The average molecular weight is 344 g/mol. The Bertz CT molecular complexity index is 876. The summed E-state index contributed by atoms with van der Waals surface area (Å²) in [5, 5.41) is 14.1. The van der Waals surface area contributed by atoms with Gasteiger partial charge in [-0.15, -0.1) is 5.10 Å². The Hall–Kier alpha value is -2.77. The minimum absolute atomic E-state index is 0.0344. The molecule has 3 rings (SSSR count). The highest BCUT2D eigenvalue weighted by Crippen LogP contribution is 2.14. The van der Waals surface area contributed by atoms with Crippen LogP contribution in [0.4, 0.5) is 4.39 Å². The lowest BCUT2D eigenvalue weighted by molar-refractivity contribution is 0.0169. The van der Waals surface area contributed by atoms with Crippen molar-refractivity contribution in [2.45, 2.75) is 19.3 Å². The van der Waals surface area contributed by atoms with Crippen LogP contribution < -0.4 is 5.76 Å². The summed E-state index contributed by atoms with van der Waals surface area (Å²) >= 11 is 0. The van der Waals surface area contributed by atoms with Gasteiger partial charge in [-0.05, 0) is 18.2 Å². The smallest absolute Gasteiger partial charge is 0.389 e. The molecule has 0 aliphatic carbocycles. The van der Waals surface area contributed by atoms with Crippen LogP contribution in [0.1, 0.15) is 5.56 Å². The fourth-order valence-electron chi connectivity index (χ4n) is 2.29. The van der Waals surface area contributed by atoms with Crippen LogP contribution in [0.5, 0.6) is 0 Å². The third-order valence-electron chi connectivity index (χ3n) is 3.54. The molecule has 25 heavy (non-hydrogen) atoms. The Morgan fingerprint density at radius 1 is 1.16 bits per heavy atom. The molecule has 0 aliphatic heterocycles. The first-order valence-electron chi connectivity index (χ1n) is 7.76. The Morgan fingerprint density at radius 3 is 2.64 bits per heavy atom. The molecule has 0 fully saturated rings. The highest BCUT2D eigenvalue weighted by Gasteiger charge is 2.14. The topological polar surface area (TPSA) is 77.5 Å². The van der Waals surface area contributed by atoms with Gasteiger partial charge in [0.1, 0.15) is 5.82 Å². The molecule has 0 amide bonds. The lowest BCUT2D eigenvalue weighted by Crippen LogP contribution is -2.28. The van der Waals surface area contributed by atoms with Crippen molar-refractivity contribution in [3.05, 3.63) is 76.5 Å². The van der Waals surface area contributed by atoms with Crippen molar-refractivity contribution in [3.8, 4) is 11.5 Å². The second-order valence-electron chi connectivity index (χ2n) is 5.48. The molecule has 0 unspecified atom stereocenters. The Balaban J connectivity index is 1.56. The van der Waals surface area contributed by atoms with Crippen molar-refractivity contribution < 1.29 is 18.7 Å². The maximum Gasteiger partial charge on any atom is 0.437 e. The second kappa shape index (κ2) is 7.87. The summed E-state index contributed by atoms with van der Waals surface area (Å²) < 4.78 is 24.9. The normalized spacial score (nSPS) is 12.2. The number of rotatable bonds is 7. The molecule has 0 aliphatic rings. The fraction of sp³-hybridized carbons (Fsp3) is 0.222. The molecule has 0 bridgehead atoms. The number of ether oxygens (including phenoxy) is 1. The lowest BCUT2D eigenvalue weighted by atomic mass is 10.2. The Morgan fingerprint density at radius 2 is 1.88 bits per heavy atom. The van der Waals surface area contributed by atoms with Gasteiger partial charge in [0, 0.05) is 11.1 Å². The van der Waals surface area contributed by atoms with Crippen molar-refractivity contribution in [2.24, 2.45) is 0 Å². The second-order valence-corrected chi connectivity index (χ2v) is 5.48. The van der Waals surface area contributed by atoms with Gasteiger partial charge in [0.05, 0.1) is 25.9 Å². The zero-order valence-electron chi connectivity index (χ0n) is 13.3. The minimum Gasteiger partial charge on any atom is -0.389 e. The van der Waals surface area contributed by atoms with Crippen LogP contribution >= 0.6 is 0 Å². The van der Waals surface area contributed by atoms with Gasteiger partial charge in [-0.3, -0.25) is 0 Å². The summed E-state index contributed by atoms with van der Waals surface area (Å²) in [5.74, 6) is -0.839. The molecule has 3 aromatic rings. The number of aliphatic hydroxyl groups excluding tert-OH is 1. The van der Waals surface area contributed by atoms with E-state index in [1.807, 2.05) is 6.07 Å². The summed E-state index contributed by atoms with van der Waals surface area (Å²) in [5.41, 5.74) is 1.07. The first kappa shape index (κ1) is 17.1. The molecule has 130 valence electrons. The molecule has 6 nitrogen and oxygen atoms in total. The predicted molar refractivity (Wildman–Crippen MR) is 88.3 cm³/mol. The summed E-state index contributed by atoms with van der Waals surface area (Å²) in [6.07, 6.45) is -0.974. The van der Waals surface area contributed by atoms with E-state index in [0.717, 1.165) is 4.68 Å². The number of halogens is 1. The quantitative estimate of drug-likeness (QED) is 0.711. The molecule has 1 N–H and O–H groups in total. The monoisotopic (exact) mass is 344 g/mol. The average Bonchev–Trinajstić information content (AvgIpc) is 2.98. The molecule has 0 saturated heterocycles. The molecule has 2 aromatic carbocycles. The first-order chi connectivity index (χ1) is 12.1. The van der Waals surface area contributed by atoms with Crippen LogP contribution in [-0.2, 0) is 17.9 Å². The number of aromatic nitrogens is 2.